The molecule has 4 aliphatic rings. The molecule has 1 aromatic rings. The summed E-state index contributed by atoms with van der Waals surface area (Å²) >= 11 is 5.48. The van der Waals surface area contributed by atoms with Crippen molar-refractivity contribution in [3.8, 4) is 0 Å². The molecule has 0 amide bonds. The molecular weight excluding hydrogens is 307 g/mol. The molecular formula is C19H25FN2S. The summed E-state index contributed by atoms with van der Waals surface area (Å²) in [6, 6.07) is 6.74. The summed E-state index contributed by atoms with van der Waals surface area (Å²) in [6.45, 7) is 2.30. The number of thiocarbonyl (C=S) groups is 1. The van der Waals surface area contributed by atoms with Gasteiger partial charge >= 0.3 is 0 Å². The van der Waals surface area contributed by atoms with Gasteiger partial charge in [0.2, 0.25) is 0 Å². The van der Waals surface area contributed by atoms with Crippen LogP contribution in [0.3, 0.4) is 0 Å². The van der Waals surface area contributed by atoms with Crippen LogP contribution in [0, 0.1) is 29.0 Å². The fourth-order valence-electron chi connectivity index (χ4n) is 5.76. The highest BCUT2D eigenvalue weighted by atomic mass is 32.1. The van der Waals surface area contributed by atoms with Crippen molar-refractivity contribution in [2.24, 2.45) is 23.2 Å². The Hall–Kier alpha value is -1.16. The van der Waals surface area contributed by atoms with Gasteiger partial charge in [0.15, 0.2) is 5.11 Å². The number of nitrogens with one attached hydrogen (secondary N) is 2. The quantitative estimate of drug-likeness (QED) is 0.783. The number of halogens is 1. The minimum atomic E-state index is -0.226. The van der Waals surface area contributed by atoms with Crippen LogP contribution in [0.1, 0.15) is 45.4 Å². The maximum absolute atomic E-state index is 13.0. The summed E-state index contributed by atoms with van der Waals surface area (Å²) in [7, 11) is 0. The summed E-state index contributed by atoms with van der Waals surface area (Å²) < 4.78 is 13.0. The number of hydrogen-bond donors (Lipinski definition) is 2. The predicted molar refractivity (Wildman–Crippen MR) is 95.8 cm³/mol. The molecule has 0 saturated heterocycles. The molecule has 0 aromatic heterocycles. The summed E-state index contributed by atoms with van der Waals surface area (Å²) in [6.07, 6.45) is 8.49. The third-order valence-corrected chi connectivity index (χ3v) is 6.67. The average molecular weight is 332 g/mol. The minimum absolute atomic E-state index is 0.226. The molecule has 1 aromatic carbocycles. The van der Waals surface area contributed by atoms with E-state index in [1.54, 1.807) is 12.1 Å². The third kappa shape index (κ3) is 2.98. The summed E-state index contributed by atoms with van der Waals surface area (Å²) in [4.78, 5) is 0. The maximum Gasteiger partial charge on any atom is 0.171 e. The van der Waals surface area contributed by atoms with Crippen molar-refractivity contribution in [1.82, 2.24) is 5.32 Å². The van der Waals surface area contributed by atoms with Gasteiger partial charge in [-0.2, -0.15) is 0 Å². The van der Waals surface area contributed by atoms with Gasteiger partial charge in [0, 0.05) is 11.7 Å². The minimum Gasteiger partial charge on any atom is -0.359 e. The average Bonchev–Trinajstić information content (AvgIpc) is 2.48. The van der Waals surface area contributed by atoms with Crippen molar-refractivity contribution in [3.63, 3.8) is 0 Å². The van der Waals surface area contributed by atoms with E-state index >= 15 is 0 Å². The molecule has 0 aliphatic heterocycles. The van der Waals surface area contributed by atoms with E-state index < -0.39 is 0 Å². The van der Waals surface area contributed by atoms with E-state index in [2.05, 4.69) is 17.6 Å². The van der Waals surface area contributed by atoms with Crippen molar-refractivity contribution in [2.75, 3.05) is 5.32 Å². The highest BCUT2D eigenvalue weighted by Gasteiger charge is 2.53. The molecule has 4 aliphatic carbocycles. The van der Waals surface area contributed by atoms with E-state index in [1.807, 2.05) is 0 Å². The van der Waals surface area contributed by atoms with Gasteiger partial charge in [-0.05, 0) is 105 Å². The Morgan fingerprint density at radius 1 is 1.09 bits per heavy atom. The van der Waals surface area contributed by atoms with E-state index in [0.717, 1.165) is 23.4 Å². The van der Waals surface area contributed by atoms with E-state index in [-0.39, 0.29) is 5.82 Å². The standard InChI is InChI=1S/C19H25FN2S/c1-12(21-18(23)22-17-4-2-16(20)3-5-17)19-9-13-6-14(10-19)8-15(7-13)11-19/h2-5,12-15H,6-11H2,1H3,(H2,21,22,23). The van der Waals surface area contributed by atoms with Crippen molar-refractivity contribution < 1.29 is 4.39 Å². The zero-order valence-corrected chi connectivity index (χ0v) is 14.5. The van der Waals surface area contributed by atoms with Crippen LogP contribution in [-0.2, 0) is 0 Å². The largest absolute Gasteiger partial charge is 0.359 e. The molecule has 1 atom stereocenters. The van der Waals surface area contributed by atoms with Crippen LogP contribution in [0.2, 0.25) is 0 Å². The molecule has 4 saturated carbocycles. The Bertz CT molecular complexity index is 563. The Kier molecular flexibility index (Phi) is 3.83. The Labute approximate surface area is 143 Å². The first-order valence-electron chi connectivity index (χ1n) is 8.85. The Morgan fingerprint density at radius 2 is 1.61 bits per heavy atom. The lowest BCUT2D eigenvalue weighted by Gasteiger charge is -2.59. The van der Waals surface area contributed by atoms with Crippen molar-refractivity contribution in [3.05, 3.63) is 30.1 Å². The topological polar surface area (TPSA) is 24.1 Å². The van der Waals surface area contributed by atoms with Crippen LogP contribution in [0.25, 0.3) is 0 Å². The van der Waals surface area contributed by atoms with Crippen LogP contribution >= 0.6 is 12.2 Å². The molecule has 23 heavy (non-hydrogen) atoms. The molecule has 124 valence electrons. The summed E-state index contributed by atoms with van der Waals surface area (Å²) in [5, 5.41) is 7.36. The second kappa shape index (κ2) is 5.73. The second-order valence-corrected chi connectivity index (χ2v) is 8.52. The van der Waals surface area contributed by atoms with Crippen LogP contribution in [0.15, 0.2) is 24.3 Å². The van der Waals surface area contributed by atoms with Crippen molar-refractivity contribution in [1.29, 1.82) is 0 Å². The molecule has 0 spiro atoms. The van der Waals surface area contributed by atoms with Gasteiger partial charge in [-0.1, -0.05) is 0 Å². The molecule has 2 nitrogen and oxygen atoms in total. The number of benzene rings is 1. The first-order chi connectivity index (χ1) is 11.0. The molecule has 5 rings (SSSR count). The smallest absolute Gasteiger partial charge is 0.171 e. The third-order valence-electron chi connectivity index (χ3n) is 6.45. The molecule has 1 unspecified atom stereocenters. The van der Waals surface area contributed by atoms with Gasteiger partial charge in [-0.25, -0.2) is 4.39 Å². The van der Waals surface area contributed by atoms with Gasteiger partial charge < -0.3 is 10.6 Å². The lowest BCUT2D eigenvalue weighted by Crippen LogP contribution is -2.56. The zero-order valence-electron chi connectivity index (χ0n) is 13.6. The van der Waals surface area contributed by atoms with Gasteiger partial charge in [-0.3, -0.25) is 0 Å². The predicted octanol–water partition coefficient (Wildman–Crippen LogP) is 4.72. The Morgan fingerprint density at radius 3 is 2.13 bits per heavy atom. The fourth-order valence-corrected chi connectivity index (χ4v) is 6.05. The number of hydrogen-bond acceptors (Lipinski definition) is 1. The first-order valence-corrected chi connectivity index (χ1v) is 9.26. The molecule has 0 radical (unpaired) electrons. The lowest BCUT2D eigenvalue weighted by atomic mass is 9.48. The Balaban J connectivity index is 1.40. The molecule has 4 fully saturated rings. The molecule has 4 heteroatoms. The second-order valence-electron chi connectivity index (χ2n) is 8.11. The maximum atomic E-state index is 13.0. The highest BCUT2D eigenvalue weighted by molar-refractivity contribution is 7.80. The summed E-state index contributed by atoms with van der Waals surface area (Å²) in [5.41, 5.74) is 1.27. The van der Waals surface area contributed by atoms with Crippen LogP contribution in [-0.4, -0.2) is 11.2 Å². The zero-order chi connectivity index (χ0) is 16.0. The van der Waals surface area contributed by atoms with E-state index in [4.69, 9.17) is 12.2 Å². The first kappa shape index (κ1) is 15.4. The lowest BCUT2D eigenvalue weighted by molar-refractivity contribution is -0.0671. The summed E-state index contributed by atoms with van der Waals surface area (Å²) in [5.74, 6) is 2.62. The molecule has 0 heterocycles. The van der Waals surface area contributed by atoms with Gasteiger partial charge in [0.05, 0.1) is 0 Å². The van der Waals surface area contributed by atoms with Crippen LogP contribution in [0.4, 0.5) is 10.1 Å². The van der Waals surface area contributed by atoms with Gasteiger partial charge in [-0.15, -0.1) is 0 Å². The molecule has 4 bridgehead atoms. The van der Waals surface area contributed by atoms with E-state index in [9.17, 15) is 4.39 Å². The van der Waals surface area contributed by atoms with Crippen LogP contribution in [0.5, 0.6) is 0 Å². The fraction of sp³-hybridized carbons (Fsp3) is 0.632. The van der Waals surface area contributed by atoms with Crippen LogP contribution < -0.4 is 10.6 Å². The number of rotatable bonds is 3. The highest BCUT2D eigenvalue weighted by Crippen LogP contribution is 2.61. The van der Waals surface area contributed by atoms with E-state index in [0.29, 0.717) is 16.6 Å². The number of anilines is 1. The monoisotopic (exact) mass is 332 g/mol. The molecule has 2 N–H and O–H groups in total. The van der Waals surface area contributed by atoms with Crippen molar-refractivity contribution in [2.45, 2.75) is 51.5 Å². The van der Waals surface area contributed by atoms with Crippen molar-refractivity contribution >= 4 is 23.0 Å². The normalized spacial score (nSPS) is 35.8. The SMILES string of the molecule is CC(NC(=S)Nc1ccc(F)cc1)C12CC3CC(CC(C3)C1)C2. The van der Waals surface area contributed by atoms with Gasteiger partial charge in [0.25, 0.3) is 0 Å². The van der Waals surface area contributed by atoms with Gasteiger partial charge in [0.1, 0.15) is 5.82 Å². The van der Waals surface area contributed by atoms with E-state index in [1.165, 1.54) is 50.7 Å².